The van der Waals surface area contributed by atoms with Gasteiger partial charge in [0.2, 0.25) is 5.95 Å². The number of fused-ring (bicyclic) bond motifs is 2. The third-order valence-corrected chi connectivity index (χ3v) is 6.16. The number of para-hydroxylation sites is 1. The Kier molecular flexibility index (Phi) is 6.27. The molecule has 0 atom stereocenters. The molecule has 5 rings (SSSR count). The molecule has 0 unspecified atom stereocenters. The summed E-state index contributed by atoms with van der Waals surface area (Å²) in [7, 11) is 0. The molecule has 1 aliphatic heterocycles. The van der Waals surface area contributed by atoms with E-state index in [1.807, 2.05) is 50.4 Å². The molecule has 3 heterocycles. The topological polar surface area (TPSA) is 111 Å². The summed E-state index contributed by atoms with van der Waals surface area (Å²) < 4.78 is 0. The molecule has 9 nitrogen and oxygen atoms in total. The number of anilines is 3. The number of hydrogen-bond donors (Lipinski definition) is 4. The number of carbonyl (C=O) groups is 1. The fraction of sp³-hybridized carbons (Fsp3) is 0.360. The Morgan fingerprint density at radius 3 is 2.82 bits per heavy atom. The van der Waals surface area contributed by atoms with Crippen molar-refractivity contribution in [1.29, 1.82) is 0 Å². The van der Waals surface area contributed by atoms with Crippen molar-refractivity contribution in [3.63, 3.8) is 0 Å². The molecule has 0 aliphatic carbocycles. The molecule has 1 fully saturated rings. The summed E-state index contributed by atoms with van der Waals surface area (Å²) in [6.45, 7) is 7.92. The minimum absolute atomic E-state index is 0.238. The number of aromatic amines is 1. The lowest BCUT2D eigenvalue weighted by Crippen LogP contribution is -2.32. The second kappa shape index (κ2) is 9.64. The van der Waals surface area contributed by atoms with Crippen LogP contribution in [0.1, 0.15) is 30.7 Å². The van der Waals surface area contributed by atoms with E-state index in [0.29, 0.717) is 23.7 Å². The number of aryl methyl sites for hydroxylation is 2. The van der Waals surface area contributed by atoms with Gasteiger partial charge in [-0.1, -0.05) is 18.2 Å². The minimum atomic E-state index is -0.238. The molecule has 0 saturated carbocycles. The van der Waals surface area contributed by atoms with Crippen LogP contribution >= 0.6 is 0 Å². The Balaban J connectivity index is 1.31. The first-order valence-electron chi connectivity index (χ1n) is 11.8. The Labute approximate surface area is 198 Å². The van der Waals surface area contributed by atoms with Crippen molar-refractivity contribution in [3.8, 4) is 0 Å². The van der Waals surface area contributed by atoms with Gasteiger partial charge in [-0.2, -0.15) is 0 Å². The zero-order valence-corrected chi connectivity index (χ0v) is 19.6. The maximum Gasteiger partial charge on any atom is 0.319 e. The SMILES string of the molecule is Cc1nc2c(NC(=O)NCCCN3CCCC3)cc(Nc3ncc4cccc(C)c4n3)cc2[nH]1. The molecule has 1 aliphatic rings. The van der Waals surface area contributed by atoms with E-state index in [4.69, 9.17) is 0 Å². The lowest BCUT2D eigenvalue weighted by atomic mass is 10.1. The Morgan fingerprint density at radius 2 is 1.97 bits per heavy atom. The highest BCUT2D eigenvalue weighted by Crippen LogP contribution is 2.28. The van der Waals surface area contributed by atoms with Crippen molar-refractivity contribution in [2.75, 3.05) is 36.8 Å². The van der Waals surface area contributed by atoms with Gasteiger partial charge in [0.1, 0.15) is 11.3 Å². The van der Waals surface area contributed by atoms with Crippen molar-refractivity contribution < 1.29 is 4.79 Å². The van der Waals surface area contributed by atoms with Crippen LogP contribution in [0, 0.1) is 13.8 Å². The largest absolute Gasteiger partial charge is 0.342 e. The first-order chi connectivity index (χ1) is 16.5. The lowest BCUT2D eigenvalue weighted by Gasteiger charge is -2.15. The van der Waals surface area contributed by atoms with E-state index >= 15 is 0 Å². The molecule has 2 aromatic carbocycles. The van der Waals surface area contributed by atoms with E-state index in [1.54, 1.807) is 0 Å². The maximum atomic E-state index is 12.6. The van der Waals surface area contributed by atoms with Gasteiger partial charge in [0.25, 0.3) is 0 Å². The Morgan fingerprint density at radius 1 is 1.12 bits per heavy atom. The number of imidazole rings is 1. The number of amides is 2. The minimum Gasteiger partial charge on any atom is -0.342 e. The highest BCUT2D eigenvalue weighted by Gasteiger charge is 2.13. The number of likely N-dealkylation sites (tertiary alicyclic amines) is 1. The molecule has 4 N–H and O–H groups in total. The summed E-state index contributed by atoms with van der Waals surface area (Å²) in [5.41, 5.74) is 4.91. The zero-order chi connectivity index (χ0) is 23.5. The summed E-state index contributed by atoms with van der Waals surface area (Å²) >= 11 is 0. The molecule has 34 heavy (non-hydrogen) atoms. The summed E-state index contributed by atoms with van der Waals surface area (Å²) in [6, 6.07) is 9.59. The van der Waals surface area contributed by atoms with Crippen molar-refractivity contribution in [2.45, 2.75) is 33.1 Å². The second-order valence-electron chi connectivity index (χ2n) is 8.86. The quantitative estimate of drug-likeness (QED) is 0.304. The van der Waals surface area contributed by atoms with E-state index in [2.05, 4.69) is 40.8 Å². The standard InChI is InChI=1S/C25H30N8O/c1-16-7-5-8-18-15-27-24(32-22(16)18)30-19-13-20-23(29-17(2)28-20)21(14-19)31-25(34)26-9-6-12-33-10-3-4-11-33/h5,7-8,13-15H,3-4,6,9-12H2,1-2H3,(H,28,29)(H2,26,31,34)(H,27,30,32). The van der Waals surface area contributed by atoms with Crippen molar-refractivity contribution in [3.05, 3.63) is 47.9 Å². The van der Waals surface area contributed by atoms with Crippen LogP contribution in [-0.4, -0.2) is 57.0 Å². The van der Waals surface area contributed by atoms with Crippen LogP contribution < -0.4 is 16.0 Å². The first-order valence-corrected chi connectivity index (χ1v) is 11.8. The van der Waals surface area contributed by atoms with Gasteiger partial charge in [-0.05, 0) is 70.4 Å². The van der Waals surface area contributed by atoms with E-state index < -0.39 is 0 Å². The first kappa shape index (κ1) is 22.1. The molecular weight excluding hydrogens is 428 g/mol. The van der Waals surface area contributed by atoms with Gasteiger partial charge in [-0.25, -0.2) is 19.7 Å². The number of rotatable bonds is 7. The average Bonchev–Trinajstić information content (AvgIpc) is 3.46. The third kappa shape index (κ3) is 4.94. The molecule has 2 aromatic heterocycles. The number of urea groups is 1. The third-order valence-electron chi connectivity index (χ3n) is 6.16. The molecular formula is C25H30N8O. The average molecular weight is 459 g/mol. The van der Waals surface area contributed by atoms with E-state index in [1.165, 1.54) is 25.9 Å². The fourth-order valence-corrected chi connectivity index (χ4v) is 4.48. The number of benzene rings is 2. The number of carbonyl (C=O) groups excluding carboxylic acids is 1. The fourth-order valence-electron chi connectivity index (χ4n) is 4.48. The van der Waals surface area contributed by atoms with Gasteiger partial charge in [0.05, 0.1) is 16.7 Å². The normalized spacial score (nSPS) is 14.1. The van der Waals surface area contributed by atoms with Crippen molar-refractivity contribution >= 4 is 45.3 Å². The van der Waals surface area contributed by atoms with E-state index in [-0.39, 0.29) is 6.03 Å². The Hall–Kier alpha value is -3.72. The summed E-state index contributed by atoms with van der Waals surface area (Å²) in [4.78, 5) is 32.0. The van der Waals surface area contributed by atoms with Crippen molar-refractivity contribution in [1.82, 2.24) is 30.2 Å². The van der Waals surface area contributed by atoms with Gasteiger partial charge >= 0.3 is 6.03 Å². The molecule has 4 aromatic rings. The zero-order valence-electron chi connectivity index (χ0n) is 19.6. The number of hydrogen-bond acceptors (Lipinski definition) is 6. The number of H-pyrrole nitrogens is 1. The van der Waals surface area contributed by atoms with Crippen molar-refractivity contribution in [2.24, 2.45) is 0 Å². The lowest BCUT2D eigenvalue weighted by molar-refractivity contribution is 0.251. The van der Waals surface area contributed by atoms with Gasteiger partial charge in [0, 0.05) is 23.8 Å². The van der Waals surface area contributed by atoms with Crippen LogP contribution in [0.25, 0.3) is 21.9 Å². The van der Waals surface area contributed by atoms with Gasteiger partial charge < -0.3 is 25.8 Å². The van der Waals surface area contributed by atoms with Crippen LogP contribution in [0.4, 0.5) is 22.1 Å². The maximum absolute atomic E-state index is 12.6. The smallest absolute Gasteiger partial charge is 0.319 e. The predicted molar refractivity (Wildman–Crippen MR) is 136 cm³/mol. The van der Waals surface area contributed by atoms with Crippen LogP contribution in [-0.2, 0) is 0 Å². The summed E-state index contributed by atoms with van der Waals surface area (Å²) in [6.07, 6.45) is 5.30. The molecule has 0 spiro atoms. The van der Waals surface area contributed by atoms with Crippen LogP contribution in [0.5, 0.6) is 0 Å². The molecule has 9 heteroatoms. The number of nitrogens with one attached hydrogen (secondary N) is 4. The monoisotopic (exact) mass is 458 g/mol. The van der Waals surface area contributed by atoms with Gasteiger partial charge in [-0.3, -0.25) is 0 Å². The highest BCUT2D eigenvalue weighted by molar-refractivity contribution is 6.01. The summed E-state index contributed by atoms with van der Waals surface area (Å²) in [5.74, 6) is 1.27. The van der Waals surface area contributed by atoms with Crippen LogP contribution in [0.2, 0.25) is 0 Å². The van der Waals surface area contributed by atoms with Crippen LogP contribution in [0.3, 0.4) is 0 Å². The molecule has 0 bridgehead atoms. The molecule has 176 valence electrons. The molecule has 2 amide bonds. The van der Waals surface area contributed by atoms with Gasteiger partial charge in [0.15, 0.2) is 0 Å². The number of nitrogens with zero attached hydrogens (tertiary/aromatic N) is 4. The number of aromatic nitrogens is 4. The second-order valence-corrected chi connectivity index (χ2v) is 8.86. The molecule has 1 saturated heterocycles. The Bertz CT molecular complexity index is 1330. The van der Waals surface area contributed by atoms with Gasteiger partial charge in [-0.15, -0.1) is 0 Å². The summed E-state index contributed by atoms with van der Waals surface area (Å²) in [5, 5.41) is 10.2. The predicted octanol–water partition coefficient (Wildman–Crippen LogP) is 4.47. The highest BCUT2D eigenvalue weighted by atomic mass is 16.2. The molecule has 0 radical (unpaired) electrons. The van der Waals surface area contributed by atoms with E-state index in [0.717, 1.165) is 46.5 Å². The van der Waals surface area contributed by atoms with Crippen LogP contribution in [0.15, 0.2) is 36.5 Å². The van der Waals surface area contributed by atoms with E-state index in [9.17, 15) is 4.79 Å².